The van der Waals surface area contributed by atoms with E-state index in [4.69, 9.17) is 4.74 Å². The fraction of sp³-hybridized carbons (Fsp3) is 0.333. The Morgan fingerprint density at radius 1 is 1.05 bits per heavy atom. The first-order valence-corrected chi connectivity index (χ1v) is 7.14. The fourth-order valence-electron chi connectivity index (χ4n) is 2.33. The Kier molecular flexibility index (Phi) is 4.80. The maximum absolute atomic E-state index is 10.6. The van der Waals surface area contributed by atoms with Crippen LogP contribution in [0.5, 0.6) is 5.75 Å². The smallest absolute Gasteiger partial charge is 0.120 e. The van der Waals surface area contributed by atoms with Crippen LogP contribution in [0.2, 0.25) is 0 Å². The minimum Gasteiger partial charge on any atom is -0.491 e. The molecule has 106 valence electrons. The summed E-state index contributed by atoms with van der Waals surface area (Å²) in [5, 5.41) is 10.6. The SMILES string of the molecule is CCc1ccccc1C(O)c1cccc(OC(C)C)c1. The standard InChI is InChI=1S/C18H22O2/c1-4-14-8-5-6-11-17(14)18(19)15-9-7-10-16(12-15)20-13(2)3/h5-13,18-19H,4H2,1-3H3. The fourth-order valence-corrected chi connectivity index (χ4v) is 2.33. The van der Waals surface area contributed by atoms with Crippen molar-refractivity contribution < 1.29 is 9.84 Å². The Labute approximate surface area is 121 Å². The average Bonchev–Trinajstić information content (AvgIpc) is 2.46. The Balaban J connectivity index is 2.30. The lowest BCUT2D eigenvalue weighted by atomic mass is 9.95. The lowest BCUT2D eigenvalue weighted by Crippen LogP contribution is -2.07. The van der Waals surface area contributed by atoms with E-state index in [9.17, 15) is 5.11 Å². The van der Waals surface area contributed by atoms with Gasteiger partial charge in [-0.25, -0.2) is 0 Å². The summed E-state index contributed by atoms with van der Waals surface area (Å²) in [4.78, 5) is 0. The zero-order chi connectivity index (χ0) is 14.5. The molecule has 2 aromatic carbocycles. The molecule has 2 heteroatoms. The van der Waals surface area contributed by atoms with Gasteiger partial charge in [0.25, 0.3) is 0 Å². The number of hydrogen-bond donors (Lipinski definition) is 1. The van der Waals surface area contributed by atoms with Crippen molar-refractivity contribution in [3.8, 4) is 5.75 Å². The second-order valence-corrected chi connectivity index (χ2v) is 5.19. The predicted molar refractivity (Wildman–Crippen MR) is 82.1 cm³/mol. The molecule has 0 bridgehead atoms. The van der Waals surface area contributed by atoms with Crippen molar-refractivity contribution in [1.82, 2.24) is 0 Å². The monoisotopic (exact) mass is 270 g/mol. The summed E-state index contributed by atoms with van der Waals surface area (Å²) in [6.45, 7) is 6.09. The van der Waals surface area contributed by atoms with Crippen LogP contribution in [0.25, 0.3) is 0 Å². The van der Waals surface area contributed by atoms with E-state index < -0.39 is 6.10 Å². The van der Waals surface area contributed by atoms with Crippen molar-refractivity contribution in [2.75, 3.05) is 0 Å². The molecule has 0 aromatic heterocycles. The van der Waals surface area contributed by atoms with E-state index >= 15 is 0 Å². The van der Waals surface area contributed by atoms with Gasteiger partial charge in [0.2, 0.25) is 0 Å². The predicted octanol–water partition coefficient (Wildman–Crippen LogP) is 4.12. The highest BCUT2D eigenvalue weighted by molar-refractivity contribution is 5.38. The van der Waals surface area contributed by atoms with E-state index in [0.29, 0.717) is 0 Å². The van der Waals surface area contributed by atoms with Crippen molar-refractivity contribution in [3.63, 3.8) is 0 Å². The molecule has 1 N–H and O–H groups in total. The average molecular weight is 270 g/mol. The number of aliphatic hydroxyl groups is 1. The van der Waals surface area contributed by atoms with E-state index in [2.05, 4.69) is 13.0 Å². The highest BCUT2D eigenvalue weighted by Gasteiger charge is 2.14. The maximum Gasteiger partial charge on any atom is 0.120 e. The first-order valence-electron chi connectivity index (χ1n) is 7.14. The van der Waals surface area contributed by atoms with Crippen LogP contribution in [0.1, 0.15) is 43.6 Å². The van der Waals surface area contributed by atoms with Crippen LogP contribution in [0.4, 0.5) is 0 Å². The normalized spacial score (nSPS) is 12.4. The largest absolute Gasteiger partial charge is 0.491 e. The van der Waals surface area contributed by atoms with Crippen molar-refractivity contribution >= 4 is 0 Å². The van der Waals surface area contributed by atoms with Crippen molar-refractivity contribution in [1.29, 1.82) is 0 Å². The zero-order valence-electron chi connectivity index (χ0n) is 12.3. The van der Waals surface area contributed by atoms with Crippen LogP contribution in [0.3, 0.4) is 0 Å². The minimum absolute atomic E-state index is 0.130. The van der Waals surface area contributed by atoms with Gasteiger partial charge in [-0.05, 0) is 49.1 Å². The summed E-state index contributed by atoms with van der Waals surface area (Å²) in [7, 11) is 0. The van der Waals surface area contributed by atoms with Crippen molar-refractivity contribution in [3.05, 3.63) is 65.2 Å². The van der Waals surface area contributed by atoms with Gasteiger partial charge in [0, 0.05) is 0 Å². The topological polar surface area (TPSA) is 29.5 Å². The van der Waals surface area contributed by atoms with Crippen LogP contribution < -0.4 is 4.74 Å². The third kappa shape index (κ3) is 3.40. The van der Waals surface area contributed by atoms with Gasteiger partial charge in [0.05, 0.1) is 6.10 Å². The number of benzene rings is 2. The number of aliphatic hydroxyl groups excluding tert-OH is 1. The molecule has 2 aromatic rings. The van der Waals surface area contributed by atoms with Crippen LogP contribution >= 0.6 is 0 Å². The van der Waals surface area contributed by atoms with Gasteiger partial charge in [0.1, 0.15) is 11.9 Å². The number of aryl methyl sites for hydroxylation is 1. The summed E-state index contributed by atoms with van der Waals surface area (Å²) in [5.41, 5.74) is 3.01. The summed E-state index contributed by atoms with van der Waals surface area (Å²) >= 11 is 0. The van der Waals surface area contributed by atoms with E-state index in [1.807, 2.05) is 56.3 Å². The lowest BCUT2D eigenvalue weighted by Gasteiger charge is -2.17. The van der Waals surface area contributed by atoms with Crippen molar-refractivity contribution in [2.45, 2.75) is 39.4 Å². The quantitative estimate of drug-likeness (QED) is 0.885. The molecule has 0 saturated carbocycles. The molecule has 0 saturated heterocycles. The van der Waals surface area contributed by atoms with Gasteiger partial charge in [-0.1, -0.05) is 43.3 Å². The summed E-state index contributed by atoms with van der Waals surface area (Å²) in [6.07, 6.45) is 0.433. The Hall–Kier alpha value is -1.80. The lowest BCUT2D eigenvalue weighted by molar-refractivity contribution is 0.215. The molecule has 0 aliphatic heterocycles. The van der Waals surface area contributed by atoms with Gasteiger partial charge < -0.3 is 9.84 Å². The second kappa shape index (κ2) is 6.58. The molecule has 0 spiro atoms. The second-order valence-electron chi connectivity index (χ2n) is 5.19. The first kappa shape index (κ1) is 14.6. The van der Waals surface area contributed by atoms with Crippen LogP contribution in [0.15, 0.2) is 48.5 Å². The van der Waals surface area contributed by atoms with Crippen LogP contribution in [0, 0.1) is 0 Å². The summed E-state index contributed by atoms with van der Waals surface area (Å²) < 4.78 is 5.69. The first-order chi connectivity index (χ1) is 9.61. The molecule has 0 fully saturated rings. The molecule has 2 nitrogen and oxygen atoms in total. The molecular formula is C18H22O2. The van der Waals surface area contributed by atoms with Gasteiger partial charge in [0.15, 0.2) is 0 Å². The molecular weight excluding hydrogens is 248 g/mol. The Bertz CT molecular complexity index is 561. The summed E-state index contributed by atoms with van der Waals surface area (Å²) in [6, 6.07) is 15.7. The van der Waals surface area contributed by atoms with Crippen LogP contribution in [-0.4, -0.2) is 11.2 Å². The highest BCUT2D eigenvalue weighted by atomic mass is 16.5. The maximum atomic E-state index is 10.6. The molecule has 1 unspecified atom stereocenters. The zero-order valence-corrected chi connectivity index (χ0v) is 12.3. The minimum atomic E-state index is -0.609. The van der Waals surface area contributed by atoms with E-state index in [1.54, 1.807) is 0 Å². The van der Waals surface area contributed by atoms with Gasteiger partial charge in [-0.2, -0.15) is 0 Å². The molecule has 1 atom stereocenters. The van der Waals surface area contributed by atoms with Crippen molar-refractivity contribution in [2.24, 2.45) is 0 Å². The molecule has 0 amide bonds. The molecule has 0 aliphatic carbocycles. The number of rotatable bonds is 5. The van der Waals surface area contributed by atoms with Gasteiger partial charge >= 0.3 is 0 Å². The molecule has 0 heterocycles. The third-order valence-corrected chi connectivity index (χ3v) is 3.28. The Morgan fingerprint density at radius 2 is 1.80 bits per heavy atom. The number of ether oxygens (including phenoxy) is 1. The number of hydrogen-bond acceptors (Lipinski definition) is 2. The van der Waals surface area contributed by atoms with Crippen LogP contribution in [-0.2, 0) is 6.42 Å². The van der Waals surface area contributed by atoms with Gasteiger partial charge in [-0.3, -0.25) is 0 Å². The molecule has 0 radical (unpaired) electrons. The van der Waals surface area contributed by atoms with E-state index in [1.165, 1.54) is 5.56 Å². The van der Waals surface area contributed by atoms with Gasteiger partial charge in [-0.15, -0.1) is 0 Å². The Morgan fingerprint density at radius 3 is 2.50 bits per heavy atom. The summed E-state index contributed by atoms with van der Waals surface area (Å²) in [5.74, 6) is 0.797. The molecule has 20 heavy (non-hydrogen) atoms. The molecule has 2 rings (SSSR count). The third-order valence-electron chi connectivity index (χ3n) is 3.28. The molecule has 0 aliphatic rings. The van der Waals surface area contributed by atoms with E-state index in [-0.39, 0.29) is 6.10 Å². The highest BCUT2D eigenvalue weighted by Crippen LogP contribution is 2.28. The van der Waals surface area contributed by atoms with E-state index in [0.717, 1.165) is 23.3 Å².